The minimum Gasteiger partial charge on any atom is -0.390 e. The van der Waals surface area contributed by atoms with E-state index < -0.39 is 11.0 Å². The molecule has 1 aromatic heterocycles. The van der Waals surface area contributed by atoms with E-state index in [1.807, 2.05) is 13.8 Å². The molecule has 0 aliphatic rings. The molecule has 9 nitrogen and oxygen atoms in total. The second kappa shape index (κ2) is 8.32. The number of hydrogen-bond acceptors (Lipinski definition) is 6. The molecule has 1 heterocycles. The van der Waals surface area contributed by atoms with E-state index in [1.54, 1.807) is 0 Å². The van der Waals surface area contributed by atoms with Crippen molar-refractivity contribution in [3.63, 3.8) is 0 Å². The Morgan fingerprint density at radius 3 is 2.81 bits per heavy atom. The highest BCUT2D eigenvalue weighted by molar-refractivity contribution is 5.77. The first-order valence-electron chi connectivity index (χ1n) is 6.70. The summed E-state index contributed by atoms with van der Waals surface area (Å²) in [4.78, 5) is 21.4. The number of nitro groups is 1. The fourth-order valence-corrected chi connectivity index (χ4v) is 1.56. The lowest BCUT2D eigenvalue weighted by Gasteiger charge is -2.12. The molecule has 21 heavy (non-hydrogen) atoms. The summed E-state index contributed by atoms with van der Waals surface area (Å²) >= 11 is 0. The summed E-state index contributed by atoms with van der Waals surface area (Å²) in [7, 11) is 0. The van der Waals surface area contributed by atoms with Gasteiger partial charge in [-0.3, -0.25) is 19.6 Å². The minimum absolute atomic E-state index is 0.114. The number of nitrogens with one attached hydrogen (secondary N) is 2. The molecule has 118 valence electrons. The molecule has 1 amide bonds. The fraction of sp³-hybridized carbons (Fsp3) is 0.667. The number of aliphatic hydroxyl groups is 1. The lowest BCUT2D eigenvalue weighted by Crippen LogP contribution is -2.39. The number of hydrogen-bond donors (Lipinski definition) is 3. The monoisotopic (exact) mass is 299 g/mol. The van der Waals surface area contributed by atoms with Gasteiger partial charge in [0.05, 0.1) is 24.1 Å². The molecule has 0 fully saturated rings. The summed E-state index contributed by atoms with van der Waals surface area (Å²) in [5.41, 5.74) is -0.122. The molecule has 0 aromatic carbocycles. The van der Waals surface area contributed by atoms with E-state index >= 15 is 0 Å². The predicted molar refractivity (Wildman–Crippen MR) is 75.6 cm³/mol. The molecule has 0 aliphatic carbocycles. The fourth-order valence-electron chi connectivity index (χ4n) is 1.56. The van der Waals surface area contributed by atoms with Crippen molar-refractivity contribution < 1.29 is 14.8 Å². The molecule has 9 heteroatoms. The van der Waals surface area contributed by atoms with E-state index in [0.29, 0.717) is 12.5 Å². The van der Waals surface area contributed by atoms with E-state index in [2.05, 4.69) is 15.7 Å². The predicted octanol–water partition coefficient (Wildman–Crippen LogP) is -0.486. The zero-order valence-corrected chi connectivity index (χ0v) is 12.2. The summed E-state index contributed by atoms with van der Waals surface area (Å²) in [6.07, 6.45) is 1.58. The summed E-state index contributed by atoms with van der Waals surface area (Å²) in [5, 5.41) is 29.6. The summed E-state index contributed by atoms with van der Waals surface area (Å²) in [6.45, 7) is 5.04. The van der Waals surface area contributed by atoms with Crippen molar-refractivity contribution in [1.82, 2.24) is 20.4 Å². The highest BCUT2D eigenvalue weighted by Gasteiger charge is 2.12. The van der Waals surface area contributed by atoms with Crippen LogP contribution in [0.3, 0.4) is 0 Å². The first kappa shape index (κ1) is 17.1. The molecule has 1 rings (SSSR count). The molecule has 0 saturated carbocycles. The second-order valence-corrected chi connectivity index (χ2v) is 5.16. The summed E-state index contributed by atoms with van der Waals surface area (Å²) < 4.78 is 1.29. The molecule has 0 saturated heterocycles. The lowest BCUT2D eigenvalue weighted by molar-refractivity contribution is -0.385. The van der Waals surface area contributed by atoms with Crippen molar-refractivity contribution >= 4 is 11.6 Å². The largest absolute Gasteiger partial charge is 0.390 e. The van der Waals surface area contributed by atoms with Crippen molar-refractivity contribution in [3.05, 3.63) is 22.5 Å². The normalized spacial score (nSPS) is 12.4. The van der Waals surface area contributed by atoms with Gasteiger partial charge in [0.2, 0.25) is 5.91 Å². The third-order valence-electron chi connectivity index (χ3n) is 2.60. The van der Waals surface area contributed by atoms with Gasteiger partial charge in [-0.15, -0.1) is 0 Å². The van der Waals surface area contributed by atoms with Crippen molar-refractivity contribution in [3.8, 4) is 0 Å². The number of aromatic nitrogens is 2. The maximum absolute atomic E-state index is 11.4. The zero-order chi connectivity index (χ0) is 15.8. The number of carbonyl (C=O) groups is 1. The minimum atomic E-state index is -0.789. The van der Waals surface area contributed by atoms with Crippen LogP contribution in [0.5, 0.6) is 0 Å². The van der Waals surface area contributed by atoms with E-state index in [0.717, 1.165) is 6.20 Å². The van der Waals surface area contributed by atoms with Crippen molar-refractivity contribution in [2.24, 2.45) is 5.92 Å². The summed E-state index contributed by atoms with van der Waals surface area (Å²) in [5.74, 6) is 0.251. The first-order valence-corrected chi connectivity index (χ1v) is 6.70. The average molecular weight is 299 g/mol. The number of rotatable bonds is 9. The Kier molecular flexibility index (Phi) is 6.76. The van der Waals surface area contributed by atoms with Crippen LogP contribution in [0.25, 0.3) is 0 Å². The number of nitrogens with zero attached hydrogens (tertiary/aromatic N) is 3. The van der Waals surface area contributed by atoms with Crippen LogP contribution in [-0.2, 0) is 11.3 Å². The van der Waals surface area contributed by atoms with Gasteiger partial charge in [0, 0.05) is 13.1 Å². The topological polar surface area (TPSA) is 122 Å². The van der Waals surface area contributed by atoms with Crippen molar-refractivity contribution in [1.29, 1.82) is 0 Å². The third-order valence-corrected chi connectivity index (χ3v) is 2.60. The van der Waals surface area contributed by atoms with Gasteiger partial charge >= 0.3 is 5.69 Å². The Morgan fingerprint density at radius 1 is 1.52 bits per heavy atom. The molecule has 0 aliphatic heterocycles. The van der Waals surface area contributed by atoms with Crippen LogP contribution in [0.2, 0.25) is 0 Å². The van der Waals surface area contributed by atoms with E-state index in [9.17, 15) is 20.0 Å². The Balaban J connectivity index is 2.22. The maximum atomic E-state index is 11.4. The quantitative estimate of drug-likeness (QED) is 0.418. The summed E-state index contributed by atoms with van der Waals surface area (Å²) in [6, 6.07) is 0. The van der Waals surface area contributed by atoms with Crippen LogP contribution in [0, 0.1) is 16.0 Å². The highest BCUT2D eigenvalue weighted by atomic mass is 16.6. The second-order valence-electron chi connectivity index (χ2n) is 5.16. The standard InChI is InChI=1S/C12H21N5O4/c1-9(2)3-14-12(19)6-13-5-11(18)8-16-7-10(4-15-16)17(20)21/h4,7,9,11,13,18H,3,5-6,8H2,1-2H3,(H,14,19). The molecular weight excluding hydrogens is 278 g/mol. The van der Waals surface area contributed by atoms with E-state index in [4.69, 9.17) is 0 Å². The lowest BCUT2D eigenvalue weighted by atomic mass is 10.2. The van der Waals surface area contributed by atoms with Gasteiger partial charge in [-0.05, 0) is 5.92 Å². The van der Waals surface area contributed by atoms with Gasteiger partial charge in [-0.25, -0.2) is 0 Å². The van der Waals surface area contributed by atoms with Gasteiger partial charge < -0.3 is 15.7 Å². The Hall–Kier alpha value is -2.00. The molecular formula is C12H21N5O4. The zero-order valence-electron chi connectivity index (χ0n) is 12.2. The van der Waals surface area contributed by atoms with Gasteiger partial charge in [-0.2, -0.15) is 5.10 Å². The molecule has 0 bridgehead atoms. The number of aliphatic hydroxyl groups excluding tert-OH is 1. The number of carbonyl (C=O) groups excluding carboxylic acids is 1. The van der Waals surface area contributed by atoms with Crippen LogP contribution in [0.15, 0.2) is 12.4 Å². The Morgan fingerprint density at radius 2 is 2.24 bits per heavy atom. The van der Waals surface area contributed by atoms with Crippen molar-refractivity contribution in [2.45, 2.75) is 26.5 Å². The average Bonchev–Trinajstić information content (AvgIpc) is 2.85. The van der Waals surface area contributed by atoms with Crippen LogP contribution in [0.4, 0.5) is 5.69 Å². The molecule has 0 radical (unpaired) electrons. The van der Waals surface area contributed by atoms with Crippen LogP contribution >= 0.6 is 0 Å². The smallest absolute Gasteiger partial charge is 0.306 e. The molecule has 1 atom stereocenters. The van der Waals surface area contributed by atoms with Crippen LogP contribution < -0.4 is 10.6 Å². The maximum Gasteiger partial charge on any atom is 0.306 e. The van der Waals surface area contributed by atoms with Crippen LogP contribution in [-0.4, -0.2) is 51.5 Å². The third kappa shape index (κ3) is 6.82. The Labute approximate surface area is 122 Å². The molecule has 1 unspecified atom stereocenters. The molecule has 3 N–H and O–H groups in total. The molecule has 1 aromatic rings. The van der Waals surface area contributed by atoms with Gasteiger partial charge in [0.1, 0.15) is 12.4 Å². The van der Waals surface area contributed by atoms with E-state index in [-0.39, 0.29) is 31.2 Å². The van der Waals surface area contributed by atoms with Gasteiger partial charge in [-0.1, -0.05) is 13.8 Å². The van der Waals surface area contributed by atoms with Gasteiger partial charge in [0.25, 0.3) is 0 Å². The molecule has 0 spiro atoms. The van der Waals surface area contributed by atoms with Crippen LogP contribution in [0.1, 0.15) is 13.8 Å². The van der Waals surface area contributed by atoms with Gasteiger partial charge in [0.15, 0.2) is 0 Å². The first-order chi connectivity index (χ1) is 9.88. The van der Waals surface area contributed by atoms with E-state index in [1.165, 1.54) is 10.9 Å². The highest BCUT2D eigenvalue weighted by Crippen LogP contribution is 2.07. The number of amides is 1. The van der Waals surface area contributed by atoms with Crippen molar-refractivity contribution in [2.75, 3.05) is 19.6 Å². The SMILES string of the molecule is CC(C)CNC(=O)CNCC(O)Cn1cc([N+](=O)[O-])cn1. The Bertz CT molecular complexity index is 474.